The summed E-state index contributed by atoms with van der Waals surface area (Å²) >= 11 is 2.77. The lowest BCUT2D eigenvalue weighted by Crippen LogP contribution is -2.25. The van der Waals surface area contributed by atoms with Crippen LogP contribution in [0.4, 0.5) is 4.39 Å². The first-order chi connectivity index (χ1) is 14.5. The third kappa shape index (κ3) is 4.03. The molecule has 0 bridgehead atoms. The van der Waals surface area contributed by atoms with E-state index < -0.39 is 0 Å². The van der Waals surface area contributed by atoms with E-state index in [0.717, 1.165) is 11.1 Å². The van der Waals surface area contributed by atoms with E-state index >= 15 is 0 Å². The fourth-order valence-corrected chi connectivity index (χ4v) is 4.96. The molecule has 1 unspecified atom stereocenters. The molecule has 0 saturated heterocycles. The predicted molar refractivity (Wildman–Crippen MR) is 114 cm³/mol. The van der Waals surface area contributed by atoms with Crippen molar-refractivity contribution in [3.8, 4) is 11.1 Å². The standard InChI is InChI=1S/C20H19FN4O3S2/c1-11(17-22-12(2)24-28-17)30-20-23-18-16(19(26)25(20)8-9-27-3)15(10-29-18)13-4-6-14(21)7-5-13/h4-7,10-11H,8-9H2,1-3H3. The number of thiophene rings is 1. The Kier molecular flexibility index (Phi) is 5.98. The van der Waals surface area contributed by atoms with E-state index in [1.807, 2.05) is 12.3 Å². The highest BCUT2D eigenvalue weighted by atomic mass is 32.2. The third-order valence-electron chi connectivity index (χ3n) is 4.51. The van der Waals surface area contributed by atoms with E-state index in [9.17, 15) is 9.18 Å². The summed E-state index contributed by atoms with van der Waals surface area (Å²) in [7, 11) is 1.59. The second-order valence-electron chi connectivity index (χ2n) is 6.62. The molecular weight excluding hydrogens is 427 g/mol. The van der Waals surface area contributed by atoms with E-state index in [2.05, 4.69) is 10.1 Å². The quantitative estimate of drug-likeness (QED) is 0.306. The Balaban J connectivity index is 1.80. The van der Waals surface area contributed by atoms with Gasteiger partial charge >= 0.3 is 0 Å². The van der Waals surface area contributed by atoms with Gasteiger partial charge in [0.15, 0.2) is 11.0 Å². The Hall–Kier alpha value is -2.56. The summed E-state index contributed by atoms with van der Waals surface area (Å²) in [5.74, 6) is 0.709. The lowest BCUT2D eigenvalue weighted by molar-refractivity contribution is 0.183. The number of rotatable bonds is 7. The molecule has 0 aliphatic carbocycles. The molecule has 7 nitrogen and oxygen atoms in total. The number of benzene rings is 1. The van der Waals surface area contributed by atoms with E-state index in [1.165, 1.54) is 35.2 Å². The zero-order valence-corrected chi connectivity index (χ0v) is 18.2. The van der Waals surface area contributed by atoms with Crippen molar-refractivity contribution in [1.82, 2.24) is 19.7 Å². The average Bonchev–Trinajstić information content (AvgIpc) is 3.35. The molecule has 0 N–H and O–H groups in total. The minimum atomic E-state index is -0.321. The van der Waals surface area contributed by atoms with Crippen LogP contribution in [0.3, 0.4) is 0 Å². The molecule has 0 aliphatic rings. The van der Waals surface area contributed by atoms with Gasteiger partial charge in [0.25, 0.3) is 5.56 Å². The van der Waals surface area contributed by atoms with Gasteiger partial charge in [-0.3, -0.25) is 9.36 Å². The summed E-state index contributed by atoms with van der Waals surface area (Å²) < 4.78 is 25.4. The molecule has 1 atom stereocenters. The van der Waals surface area contributed by atoms with Crippen molar-refractivity contribution in [2.45, 2.75) is 30.8 Å². The topological polar surface area (TPSA) is 83.0 Å². The highest BCUT2D eigenvalue weighted by Gasteiger charge is 2.21. The van der Waals surface area contributed by atoms with E-state index in [-0.39, 0.29) is 16.6 Å². The van der Waals surface area contributed by atoms with Crippen molar-refractivity contribution in [2.24, 2.45) is 0 Å². The van der Waals surface area contributed by atoms with Crippen LogP contribution in [-0.2, 0) is 11.3 Å². The zero-order chi connectivity index (χ0) is 21.3. The molecule has 156 valence electrons. The summed E-state index contributed by atoms with van der Waals surface area (Å²) in [5.41, 5.74) is 1.36. The van der Waals surface area contributed by atoms with Crippen LogP contribution in [0.1, 0.15) is 23.9 Å². The van der Waals surface area contributed by atoms with Gasteiger partial charge in [-0.1, -0.05) is 29.1 Å². The molecule has 1 aromatic carbocycles. The SMILES string of the molecule is COCCn1c(SC(C)c2nc(C)no2)nc2scc(-c3ccc(F)cc3)c2c1=O. The van der Waals surface area contributed by atoms with Crippen LogP contribution in [0.25, 0.3) is 21.3 Å². The van der Waals surface area contributed by atoms with Gasteiger partial charge in [-0.25, -0.2) is 9.37 Å². The maximum atomic E-state index is 13.4. The lowest BCUT2D eigenvalue weighted by atomic mass is 10.1. The zero-order valence-electron chi connectivity index (χ0n) is 16.6. The lowest BCUT2D eigenvalue weighted by Gasteiger charge is -2.14. The Labute approximate surface area is 179 Å². The number of hydrogen-bond acceptors (Lipinski definition) is 8. The van der Waals surface area contributed by atoms with Gasteiger partial charge in [0.05, 0.1) is 23.8 Å². The van der Waals surface area contributed by atoms with Gasteiger partial charge in [0.1, 0.15) is 10.6 Å². The summed E-state index contributed by atoms with van der Waals surface area (Å²) in [6.07, 6.45) is 0. The number of nitrogens with zero attached hydrogens (tertiary/aromatic N) is 4. The Morgan fingerprint density at radius 2 is 2.07 bits per heavy atom. The maximum absolute atomic E-state index is 13.4. The first kappa shape index (κ1) is 20.7. The third-order valence-corrected chi connectivity index (χ3v) is 6.46. The molecule has 0 amide bonds. The van der Waals surface area contributed by atoms with Gasteiger partial charge in [-0.2, -0.15) is 4.98 Å². The normalized spacial score (nSPS) is 12.5. The summed E-state index contributed by atoms with van der Waals surface area (Å²) in [5, 5.41) is 6.61. The number of aryl methyl sites for hydroxylation is 1. The van der Waals surface area contributed by atoms with E-state index in [0.29, 0.717) is 40.2 Å². The van der Waals surface area contributed by atoms with E-state index in [4.69, 9.17) is 14.2 Å². The molecule has 3 heterocycles. The average molecular weight is 447 g/mol. The molecule has 0 fully saturated rings. The Morgan fingerprint density at radius 1 is 1.30 bits per heavy atom. The highest BCUT2D eigenvalue weighted by molar-refractivity contribution is 7.99. The minimum absolute atomic E-state index is 0.158. The van der Waals surface area contributed by atoms with Crippen LogP contribution in [0, 0.1) is 12.7 Å². The van der Waals surface area contributed by atoms with Crippen molar-refractivity contribution >= 4 is 33.3 Å². The summed E-state index contributed by atoms with van der Waals surface area (Å²) in [6.45, 7) is 4.40. The molecule has 10 heteroatoms. The highest BCUT2D eigenvalue weighted by Crippen LogP contribution is 2.36. The van der Waals surface area contributed by atoms with Crippen LogP contribution in [0.2, 0.25) is 0 Å². The second-order valence-corrected chi connectivity index (χ2v) is 8.79. The van der Waals surface area contributed by atoms with Crippen molar-refractivity contribution in [2.75, 3.05) is 13.7 Å². The monoisotopic (exact) mass is 446 g/mol. The number of halogens is 1. The molecule has 4 rings (SSSR count). The molecule has 4 aromatic rings. The first-order valence-electron chi connectivity index (χ1n) is 9.21. The van der Waals surface area contributed by atoms with E-state index in [1.54, 1.807) is 30.7 Å². The maximum Gasteiger partial charge on any atom is 0.263 e. The van der Waals surface area contributed by atoms with Gasteiger partial charge in [-0.15, -0.1) is 11.3 Å². The molecule has 0 saturated carbocycles. The number of ether oxygens (including phenoxy) is 1. The van der Waals surface area contributed by atoms with Crippen molar-refractivity contribution in [3.63, 3.8) is 0 Å². The van der Waals surface area contributed by atoms with Crippen molar-refractivity contribution in [1.29, 1.82) is 0 Å². The predicted octanol–water partition coefficient (Wildman–Crippen LogP) is 4.46. The number of aromatic nitrogens is 4. The number of methoxy groups -OCH3 is 1. The number of hydrogen-bond donors (Lipinski definition) is 0. The minimum Gasteiger partial charge on any atom is -0.383 e. The van der Waals surface area contributed by atoms with Gasteiger partial charge in [-0.05, 0) is 31.5 Å². The summed E-state index contributed by atoms with van der Waals surface area (Å²) in [6, 6.07) is 6.10. The van der Waals surface area contributed by atoms with Gasteiger partial charge in [0, 0.05) is 18.1 Å². The molecule has 3 aromatic heterocycles. The van der Waals surface area contributed by atoms with Crippen LogP contribution >= 0.6 is 23.1 Å². The molecule has 0 spiro atoms. The molecule has 0 aliphatic heterocycles. The van der Waals surface area contributed by atoms with Crippen LogP contribution in [0.5, 0.6) is 0 Å². The Morgan fingerprint density at radius 3 is 2.73 bits per heavy atom. The fraction of sp³-hybridized carbons (Fsp3) is 0.300. The number of thioether (sulfide) groups is 1. The summed E-state index contributed by atoms with van der Waals surface area (Å²) in [4.78, 5) is 23.1. The Bertz CT molecular complexity index is 1230. The number of fused-ring (bicyclic) bond motifs is 1. The van der Waals surface area contributed by atoms with Crippen molar-refractivity contribution in [3.05, 3.63) is 57.5 Å². The molecule has 0 radical (unpaired) electrons. The van der Waals surface area contributed by atoms with Crippen LogP contribution < -0.4 is 5.56 Å². The largest absolute Gasteiger partial charge is 0.383 e. The molecular formula is C20H19FN4O3S2. The van der Waals surface area contributed by atoms with Crippen LogP contribution in [0.15, 0.2) is 44.1 Å². The first-order valence-corrected chi connectivity index (χ1v) is 11.0. The molecule has 30 heavy (non-hydrogen) atoms. The van der Waals surface area contributed by atoms with Crippen molar-refractivity contribution < 1.29 is 13.7 Å². The van der Waals surface area contributed by atoms with Crippen LogP contribution in [-0.4, -0.2) is 33.4 Å². The van der Waals surface area contributed by atoms with Gasteiger partial charge in [0.2, 0.25) is 5.89 Å². The fourth-order valence-electron chi connectivity index (χ4n) is 3.00. The smallest absolute Gasteiger partial charge is 0.263 e. The second kappa shape index (κ2) is 8.66. The van der Waals surface area contributed by atoms with Gasteiger partial charge < -0.3 is 9.26 Å².